The summed E-state index contributed by atoms with van der Waals surface area (Å²) in [5, 5.41) is 3.77. The maximum atomic E-state index is 3.50. The number of aromatic amines is 2. The van der Waals surface area contributed by atoms with Crippen LogP contribution in [0.1, 0.15) is 0 Å². The van der Waals surface area contributed by atoms with E-state index in [9.17, 15) is 0 Å². The van der Waals surface area contributed by atoms with Gasteiger partial charge in [0.1, 0.15) is 0 Å². The lowest BCUT2D eigenvalue weighted by Gasteiger charge is -1.93. The molecule has 0 bridgehead atoms. The standard InChI is InChI=1S/C14H9BrN2/c15-9-2-4-10-11-3-1-8-5-6-16-13(8)14(11)17-12(10)7-9/h1-7,16-17H. The smallest absolute Gasteiger partial charge is 0.0710 e. The third-order valence-corrected chi connectivity index (χ3v) is 3.75. The van der Waals surface area contributed by atoms with Gasteiger partial charge in [0.2, 0.25) is 0 Å². The van der Waals surface area contributed by atoms with Crippen LogP contribution < -0.4 is 0 Å². The van der Waals surface area contributed by atoms with Crippen LogP contribution >= 0.6 is 15.9 Å². The summed E-state index contributed by atoms with van der Waals surface area (Å²) < 4.78 is 1.10. The molecule has 0 amide bonds. The summed E-state index contributed by atoms with van der Waals surface area (Å²) in [5.74, 6) is 0. The van der Waals surface area contributed by atoms with Gasteiger partial charge in [-0.15, -0.1) is 0 Å². The molecule has 0 radical (unpaired) electrons. The lowest BCUT2D eigenvalue weighted by Crippen LogP contribution is -1.71. The van der Waals surface area contributed by atoms with Crippen LogP contribution in [0.5, 0.6) is 0 Å². The van der Waals surface area contributed by atoms with E-state index < -0.39 is 0 Å². The highest BCUT2D eigenvalue weighted by molar-refractivity contribution is 9.10. The summed E-state index contributed by atoms with van der Waals surface area (Å²) in [6.45, 7) is 0. The molecule has 4 rings (SSSR count). The van der Waals surface area contributed by atoms with Crippen LogP contribution in [0, 0.1) is 0 Å². The molecule has 2 heterocycles. The second kappa shape index (κ2) is 3.14. The lowest BCUT2D eigenvalue weighted by atomic mass is 10.1. The largest absolute Gasteiger partial charge is 0.359 e. The molecule has 0 saturated carbocycles. The Bertz CT molecular complexity index is 854. The number of benzene rings is 2. The van der Waals surface area contributed by atoms with Gasteiger partial charge in [0.05, 0.1) is 11.0 Å². The third-order valence-electron chi connectivity index (χ3n) is 3.26. The highest BCUT2D eigenvalue weighted by Gasteiger charge is 2.07. The highest BCUT2D eigenvalue weighted by Crippen LogP contribution is 2.31. The molecular formula is C14H9BrN2. The van der Waals surface area contributed by atoms with Gasteiger partial charge in [0.25, 0.3) is 0 Å². The van der Waals surface area contributed by atoms with Gasteiger partial charge in [-0.05, 0) is 18.2 Å². The Morgan fingerprint density at radius 1 is 0.882 bits per heavy atom. The molecule has 82 valence electrons. The first-order chi connectivity index (χ1) is 8.33. The van der Waals surface area contributed by atoms with Crippen LogP contribution in [0.4, 0.5) is 0 Å². The van der Waals surface area contributed by atoms with Crippen LogP contribution in [-0.2, 0) is 0 Å². The monoisotopic (exact) mass is 284 g/mol. The van der Waals surface area contributed by atoms with Crippen molar-refractivity contribution in [3.8, 4) is 0 Å². The fraction of sp³-hybridized carbons (Fsp3) is 0. The molecule has 0 saturated heterocycles. The summed E-state index contributed by atoms with van der Waals surface area (Å²) in [5.41, 5.74) is 3.52. The van der Waals surface area contributed by atoms with Crippen molar-refractivity contribution in [1.82, 2.24) is 9.97 Å². The van der Waals surface area contributed by atoms with Gasteiger partial charge in [-0.2, -0.15) is 0 Å². The van der Waals surface area contributed by atoms with E-state index >= 15 is 0 Å². The molecule has 0 aliphatic carbocycles. The second-order valence-electron chi connectivity index (χ2n) is 4.24. The van der Waals surface area contributed by atoms with Crippen molar-refractivity contribution >= 4 is 48.6 Å². The summed E-state index contributed by atoms with van der Waals surface area (Å²) in [6.07, 6.45) is 1.98. The van der Waals surface area contributed by atoms with Crippen molar-refractivity contribution in [2.75, 3.05) is 0 Å². The minimum absolute atomic E-state index is 1.10. The van der Waals surface area contributed by atoms with Crippen molar-refractivity contribution in [3.63, 3.8) is 0 Å². The van der Waals surface area contributed by atoms with Gasteiger partial charge >= 0.3 is 0 Å². The lowest BCUT2D eigenvalue weighted by molar-refractivity contribution is 1.47. The number of fused-ring (bicyclic) bond motifs is 5. The topological polar surface area (TPSA) is 31.6 Å². The second-order valence-corrected chi connectivity index (χ2v) is 5.16. The molecule has 3 heteroatoms. The van der Waals surface area contributed by atoms with Crippen LogP contribution in [0.3, 0.4) is 0 Å². The van der Waals surface area contributed by atoms with Gasteiger partial charge in [-0.25, -0.2) is 0 Å². The van der Waals surface area contributed by atoms with Gasteiger partial charge in [-0.1, -0.05) is 34.1 Å². The van der Waals surface area contributed by atoms with Crippen molar-refractivity contribution in [2.45, 2.75) is 0 Å². The molecule has 4 aromatic rings. The quantitative estimate of drug-likeness (QED) is 0.474. The number of hydrogen-bond acceptors (Lipinski definition) is 0. The molecule has 2 nitrogen and oxygen atoms in total. The zero-order chi connectivity index (χ0) is 11.4. The fourth-order valence-corrected chi connectivity index (χ4v) is 2.83. The number of nitrogens with one attached hydrogen (secondary N) is 2. The summed E-state index contributed by atoms with van der Waals surface area (Å²) >= 11 is 3.50. The van der Waals surface area contributed by atoms with Gasteiger partial charge < -0.3 is 9.97 Å². The van der Waals surface area contributed by atoms with Gasteiger partial charge in [0.15, 0.2) is 0 Å². The van der Waals surface area contributed by atoms with Crippen molar-refractivity contribution in [2.24, 2.45) is 0 Å². The molecule has 0 unspecified atom stereocenters. The Morgan fingerprint density at radius 2 is 1.76 bits per heavy atom. The Labute approximate surface area is 106 Å². The molecule has 17 heavy (non-hydrogen) atoms. The van der Waals surface area contributed by atoms with E-state index in [1.165, 1.54) is 27.2 Å². The van der Waals surface area contributed by atoms with Crippen molar-refractivity contribution in [1.29, 1.82) is 0 Å². The Hall–Kier alpha value is -1.74. The van der Waals surface area contributed by atoms with Crippen LogP contribution in [0.25, 0.3) is 32.7 Å². The zero-order valence-electron chi connectivity index (χ0n) is 8.92. The SMILES string of the molecule is Brc1ccc2c(c1)[nH]c1c2ccc2cc[nH]c21. The van der Waals surface area contributed by atoms with E-state index in [1.54, 1.807) is 0 Å². The average molecular weight is 285 g/mol. The molecule has 0 atom stereocenters. The predicted octanol–water partition coefficient (Wildman–Crippen LogP) is 4.56. The van der Waals surface area contributed by atoms with Crippen LogP contribution in [-0.4, -0.2) is 9.97 Å². The highest BCUT2D eigenvalue weighted by atomic mass is 79.9. The van der Waals surface area contributed by atoms with Crippen molar-refractivity contribution < 1.29 is 0 Å². The molecule has 2 aromatic carbocycles. The molecule has 2 N–H and O–H groups in total. The summed E-state index contributed by atoms with van der Waals surface area (Å²) in [4.78, 5) is 6.78. The fourth-order valence-electron chi connectivity index (χ4n) is 2.47. The predicted molar refractivity (Wildman–Crippen MR) is 75.4 cm³/mol. The molecule has 0 fully saturated rings. The maximum absolute atomic E-state index is 3.50. The average Bonchev–Trinajstić information content (AvgIpc) is 2.90. The number of hydrogen-bond donors (Lipinski definition) is 2. The van der Waals surface area contributed by atoms with E-state index in [-0.39, 0.29) is 0 Å². The molecule has 2 aromatic heterocycles. The number of rotatable bonds is 0. The summed E-state index contributed by atoms with van der Waals surface area (Å²) in [6, 6.07) is 12.8. The molecule has 0 spiro atoms. The Morgan fingerprint density at radius 3 is 2.71 bits per heavy atom. The van der Waals surface area contributed by atoms with Crippen LogP contribution in [0.15, 0.2) is 47.1 Å². The number of halogens is 1. The zero-order valence-corrected chi connectivity index (χ0v) is 10.5. The van der Waals surface area contributed by atoms with E-state index in [1.807, 2.05) is 6.20 Å². The minimum Gasteiger partial charge on any atom is -0.359 e. The normalized spacial score (nSPS) is 11.8. The Kier molecular flexibility index (Phi) is 1.72. The first kappa shape index (κ1) is 9.31. The first-order valence-corrected chi connectivity index (χ1v) is 6.29. The van der Waals surface area contributed by atoms with E-state index in [0.29, 0.717) is 0 Å². The van der Waals surface area contributed by atoms with Crippen molar-refractivity contribution in [3.05, 3.63) is 47.1 Å². The molecule has 0 aliphatic rings. The van der Waals surface area contributed by atoms with E-state index in [4.69, 9.17) is 0 Å². The van der Waals surface area contributed by atoms with Crippen LogP contribution in [0.2, 0.25) is 0 Å². The Balaban J connectivity index is 2.32. The van der Waals surface area contributed by atoms with E-state index in [0.717, 1.165) is 9.99 Å². The minimum atomic E-state index is 1.10. The number of H-pyrrole nitrogens is 2. The third kappa shape index (κ3) is 1.20. The van der Waals surface area contributed by atoms with Gasteiger partial charge in [-0.3, -0.25) is 0 Å². The van der Waals surface area contributed by atoms with E-state index in [2.05, 4.69) is 62.3 Å². The van der Waals surface area contributed by atoms with Gasteiger partial charge in [0, 0.05) is 32.3 Å². The first-order valence-electron chi connectivity index (χ1n) is 5.50. The molecular weight excluding hydrogens is 276 g/mol. The summed E-state index contributed by atoms with van der Waals surface area (Å²) in [7, 11) is 0. The molecule has 0 aliphatic heterocycles. The maximum Gasteiger partial charge on any atom is 0.0710 e. The number of aromatic nitrogens is 2.